The molecule has 2 rings (SSSR count). The van der Waals surface area contributed by atoms with Gasteiger partial charge in [-0.25, -0.2) is 4.79 Å². The van der Waals surface area contributed by atoms with Gasteiger partial charge in [-0.15, -0.1) is 22.9 Å². The third-order valence-electron chi connectivity index (χ3n) is 3.90. The Morgan fingerprint density at radius 1 is 1.27 bits per heavy atom. The van der Waals surface area contributed by atoms with Crippen molar-refractivity contribution in [1.82, 2.24) is 14.5 Å². The van der Waals surface area contributed by atoms with Gasteiger partial charge < -0.3 is 5.32 Å². The van der Waals surface area contributed by atoms with Crippen LogP contribution in [0.2, 0.25) is 0 Å². The number of hydrogen-bond acceptors (Lipinski definition) is 4. The fraction of sp³-hybridized carbons (Fsp3) is 0.533. The molecule has 0 unspecified atom stereocenters. The highest BCUT2D eigenvalue weighted by atomic mass is 35.5. The van der Waals surface area contributed by atoms with E-state index in [0.29, 0.717) is 10.4 Å². The van der Waals surface area contributed by atoms with Gasteiger partial charge in [-0.2, -0.15) is 13.2 Å². The molecule has 2 heterocycles. The van der Waals surface area contributed by atoms with Crippen molar-refractivity contribution in [3.05, 3.63) is 31.3 Å². The first-order chi connectivity index (χ1) is 12.1. The van der Waals surface area contributed by atoms with E-state index in [1.54, 1.807) is 13.8 Å². The highest BCUT2D eigenvalue weighted by Crippen LogP contribution is 2.29. The molecule has 0 fully saturated rings. The first-order valence-corrected chi connectivity index (χ1v) is 9.10. The Morgan fingerprint density at radius 2 is 1.92 bits per heavy atom. The lowest BCUT2D eigenvalue weighted by Gasteiger charge is -2.12. The molecule has 11 heteroatoms. The molecule has 0 saturated heterocycles. The Kier molecular flexibility index (Phi) is 6.17. The maximum atomic E-state index is 12.6. The number of hydrogen-bond donors (Lipinski definition) is 1. The number of nitrogens with one attached hydrogen (secondary N) is 1. The zero-order chi connectivity index (χ0) is 19.6. The van der Waals surface area contributed by atoms with Gasteiger partial charge in [-0.3, -0.25) is 18.7 Å². The Bertz CT molecular complexity index is 946. The summed E-state index contributed by atoms with van der Waals surface area (Å²) >= 11 is 6.44. The average molecular weight is 412 g/mol. The fourth-order valence-electron chi connectivity index (χ4n) is 2.55. The van der Waals surface area contributed by atoms with Gasteiger partial charge in [0.25, 0.3) is 5.56 Å². The first kappa shape index (κ1) is 20.5. The van der Waals surface area contributed by atoms with Crippen LogP contribution in [0.25, 0.3) is 10.2 Å². The molecule has 6 nitrogen and oxygen atoms in total. The SMILES string of the molecule is CCn1c(=O)c2c(C)c(CNC(=O)CCl)sc2n(CCC(F)(F)F)c1=O. The number of nitrogens with zero attached hydrogens (tertiary/aromatic N) is 2. The van der Waals surface area contributed by atoms with Crippen molar-refractivity contribution >= 4 is 39.1 Å². The largest absolute Gasteiger partial charge is 0.390 e. The van der Waals surface area contributed by atoms with Crippen LogP contribution in [0.3, 0.4) is 0 Å². The number of rotatable bonds is 6. The van der Waals surface area contributed by atoms with Gasteiger partial charge in [-0.05, 0) is 19.4 Å². The number of carbonyl (C=O) groups is 1. The van der Waals surface area contributed by atoms with Gasteiger partial charge in [0, 0.05) is 18.0 Å². The Balaban J connectivity index is 2.63. The second kappa shape index (κ2) is 7.83. The van der Waals surface area contributed by atoms with E-state index in [1.807, 2.05) is 0 Å². The van der Waals surface area contributed by atoms with E-state index in [4.69, 9.17) is 11.6 Å². The minimum Gasteiger partial charge on any atom is -0.350 e. The van der Waals surface area contributed by atoms with Crippen LogP contribution in [0.1, 0.15) is 23.8 Å². The molecule has 0 radical (unpaired) electrons. The number of carbonyl (C=O) groups excluding carboxylic acids is 1. The number of thiophene rings is 1. The van der Waals surface area contributed by atoms with Crippen molar-refractivity contribution in [2.24, 2.45) is 0 Å². The molecule has 0 aromatic carbocycles. The lowest BCUT2D eigenvalue weighted by Crippen LogP contribution is -2.39. The fourth-order valence-corrected chi connectivity index (χ4v) is 3.90. The van der Waals surface area contributed by atoms with Crippen molar-refractivity contribution < 1.29 is 18.0 Å². The van der Waals surface area contributed by atoms with Crippen molar-refractivity contribution in [2.75, 3.05) is 5.88 Å². The third kappa shape index (κ3) is 4.12. The lowest BCUT2D eigenvalue weighted by atomic mass is 10.2. The Morgan fingerprint density at radius 3 is 2.46 bits per heavy atom. The number of aryl methyl sites for hydroxylation is 2. The highest BCUT2D eigenvalue weighted by Gasteiger charge is 2.28. The molecule has 144 valence electrons. The molecular weight excluding hydrogens is 395 g/mol. The van der Waals surface area contributed by atoms with Crippen molar-refractivity contribution in [3.63, 3.8) is 0 Å². The van der Waals surface area contributed by atoms with Crippen LogP contribution in [0, 0.1) is 6.92 Å². The number of fused-ring (bicyclic) bond motifs is 1. The molecule has 0 aliphatic rings. The van der Waals surface area contributed by atoms with E-state index in [0.717, 1.165) is 20.5 Å². The van der Waals surface area contributed by atoms with Crippen LogP contribution >= 0.6 is 22.9 Å². The average Bonchev–Trinajstić information content (AvgIpc) is 2.88. The van der Waals surface area contributed by atoms with Crippen molar-refractivity contribution in [1.29, 1.82) is 0 Å². The predicted molar refractivity (Wildman–Crippen MR) is 94.0 cm³/mol. The Hall–Kier alpha value is -1.81. The molecule has 1 N–H and O–H groups in total. The number of amides is 1. The van der Waals surface area contributed by atoms with Crippen LogP contribution < -0.4 is 16.6 Å². The summed E-state index contributed by atoms with van der Waals surface area (Å²) in [5.41, 5.74) is -0.779. The normalized spacial score (nSPS) is 11.9. The number of halogens is 4. The smallest absolute Gasteiger partial charge is 0.350 e. The highest BCUT2D eigenvalue weighted by molar-refractivity contribution is 7.18. The molecule has 1 amide bonds. The summed E-state index contributed by atoms with van der Waals surface area (Å²) in [7, 11) is 0. The van der Waals surface area contributed by atoms with Crippen molar-refractivity contribution in [2.45, 2.75) is 46.1 Å². The zero-order valence-corrected chi connectivity index (χ0v) is 15.6. The van der Waals surface area contributed by atoms with Gasteiger partial charge in [0.05, 0.1) is 18.4 Å². The van der Waals surface area contributed by atoms with Gasteiger partial charge in [0.1, 0.15) is 10.7 Å². The van der Waals surface area contributed by atoms with Gasteiger partial charge in [-0.1, -0.05) is 0 Å². The molecule has 2 aromatic heterocycles. The second-order valence-electron chi connectivity index (χ2n) is 5.59. The van der Waals surface area contributed by atoms with Gasteiger partial charge in [0.2, 0.25) is 5.91 Å². The van der Waals surface area contributed by atoms with Crippen LogP contribution in [0.4, 0.5) is 13.2 Å². The van der Waals surface area contributed by atoms with E-state index in [2.05, 4.69) is 5.32 Å². The minimum atomic E-state index is -4.43. The monoisotopic (exact) mass is 411 g/mol. The van der Waals surface area contributed by atoms with Gasteiger partial charge in [0.15, 0.2) is 0 Å². The molecule has 0 saturated carbocycles. The van der Waals surface area contributed by atoms with E-state index in [9.17, 15) is 27.6 Å². The number of alkyl halides is 4. The van der Waals surface area contributed by atoms with Crippen LogP contribution in [0.5, 0.6) is 0 Å². The van der Waals surface area contributed by atoms with E-state index >= 15 is 0 Å². The molecule has 0 spiro atoms. The van der Waals surface area contributed by atoms with Crippen LogP contribution in [-0.2, 0) is 24.4 Å². The van der Waals surface area contributed by atoms with Crippen LogP contribution in [-0.4, -0.2) is 27.1 Å². The molecule has 2 aromatic rings. The lowest BCUT2D eigenvalue weighted by molar-refractivity contribution is -0.136. The van der Waals surface area contributed by atoms with E-state index < -0.39 is 36.3 Å². The molecule has 0 aliphatic carbocycles. The molecule has 0 aliphatic heterocycles. The second-order valence-corrected chi connectivity index (χ2v) is 6.94. The van der Waals surface area contributed by atoms with E-state index in [1.165, 1.54) is 0 Å². The summed E-state index contributed by atoms with van der Waals surface area (Å²) in [6.45, 7) is 2.77. The summed E-state index contributed by atoms with van der Waals surface area (Å²) in [5.74, 6) is -0.646. The maximum absolute atomic E-state index is 12.6. The quantitative estimate of drug-likeness (QED) is 0.742. The third-order valence-corrected chi connectivity index (χ3v) is 5.45. The summed E-state index contributed by atoms with van der Waals surface area (Å²) in [6.07, 6.45) is -5.61. The molecule has 0 bridgehead atoms. The van der Waals surface area contributed by atoms with Crippen molar-refractivity contribution in [3.8, 4) is 0 Å². The standard InChI is InChI=1S/C15H17ClF3N3O3S/c1-3-21-12(24)11-8(2)9(7-20-10(23)6-16)26-13(11)22(14(21)25)5-4-15(17,18)19/h3-7H2,1-2H3,(H,20,23). The number of aromatic nitrogens is 2. The molecule has 26 heavy (non-hydrogen) atoms. The minimum absolute atomic E-state index is 0.0488. The molecular formula is C15H17ClF3N3O3S. The first-order valence-electron chi connectivity index (χ1n) is 7.75. The zero-order valence-electron chi connectivity index (χ0n) is 14.1. The summed E-state index contributed by atoms with van der Waals surface area (Å²) < 4.78 is 39.8. The Labute approximate surface area is 155 Å². The van der Waals surface area contributed by atoms with Gasteiger partial charge >= 0.3 is 11.9 Å². The van der Waals surface area contributed by atoms with E-state index in [-0.39, 0.29) is 29.2 Å². The van der Waals surface area contributed by atoms with Crippen LogP contribution in [0.15, 0.2) is 9.59 Å². The topological polar surface area (TPSA) is 73.1 Å². The summed E-state index contributed by atoms with van der Waals surface area (Å²) in [4.78, 5) is 37.1. The molecule has 0 atom stereocenters. The predicted octanol–water partition coefficient (Wildman–Crippen LogP) is 2.36. The summed E-state index contributed by atoms with van der Waals surface area (Å²) in [6, 6.07) is 0. The summed E-state index contributed by atoms with van der Waals surface area (Å²) in [5, 5.41) is 2.75. The maximum Gasteiger partial charge on any atom is 0.390 e.